The van der Waals surface area contributed by atoms with E-state index in [0.717, 1.165) is 25.4 Å². The zero-order valence-corrected chi connectivity index (χ0v) is 12.3. The van der Waals surface area contributed by atoms with Gasteiger partial charge >= 0.3 is 0 Å². The molecule has 2 rings (SSSR count). The highest BCUT2D eigenvalue weighted by Crippen LogP contribution is 2.22. The molecule has 0 saturated heterocycles. The Bertz CT molecular complexity index is 522. The van der Waals surface area contributed by atoms with Gasteiger partial charge in [-0.1, -0.05) is 13.8 Å². The van der Waals surface area contributed by atoms with Crippen molar-refractivity contribution in [2.45, 2.75) is 26.3 Å². The molecule has 2 aromatic heterocycles. The van der Waals surface area contributed by atoms with Crippen molar-refractivity contribution in [2.75, 3.05) is 20.3 Å². The standard InChI is InChI=1S/C15H22N4O/c1-12(2)15-13(10-17-8-9-20-3)11-18-19(15)14-4-6-16-7-5-14/h4-7,11-12,17H,8-10H2,1-3H3. The van der Waals surface area contributed by atoms with Gasteiger partial charge in [0.1, 0.15) is 0 Å². The molecule has 0 fully saturated rings. The zero-order valence-electron chi connectivity index (χ0n) is 12.3. The third-order valence-electron chi connectivity index (χ3n) is 3.14. The van der Waals surface area contributed by atoms with Gasteiger partial charge in [-0.3, -0.25) is 4.98 Å². The Morgan fingerprint density at radius 3 is 2.70 bits per heavy atom. The van der Waals surface area contributed by atoms with Crippen molar-refractivity contribution in [2.24, 2.45) is 0 Å². The van der Waals surface area contributed by atoms with Crippen LogP contribution in [0.3, 0.4) is 0 Å². The molecule has 0 aliphatic heterocycles. The fourth-order valence-corrected chi connectivity index (χ4v) is 2.23. The lowest BCUT2D eigenvalue weighted by Gasteiger charge is -2.13. The van der Waals surface area contributed by atoms with E-state index in [1.54, 1.807) is 19.5 Å². The quantitative estimate of drug-likeness (QED) is 0.786. The molecule has 2 heterocycles. The Morgan fingerprint density at radius 2 is 2.05 bits per heavy atom. The van der Waals surface area contributed by atoms with Gasteiger partial charge in [-0.05, 0) is 18.1 Å². The molecule has 0 aliphatic carbocycles. The van der Waals surface area contributed by atoms with E-state index in [4.69, 9.17) is 4.74 Å². The number of hydrogen-bond acceptors (Lipinski definition) is 4. The van der Waals surface area contributed by atoms with Crippen molar-refractivity contribution < 1.29 is 4.74 Å². The predicted octanol–water partition coefficient (Wildman–Crippen LogP) is 2.13. The van der Waals surface area contributed by atoms with Gasteiger partial charge in [0.2, 0.25) is 0 Å². The maximum absolute atomic E-state index is 5.04. The van der Waals surface area contributed by atoms with Gasteiger partial charge in [-0.2, -0.15) is 5.10 Å². The number of aromatic nitrogens is 3. The SMILES string of the molecule is COCCNCc1cnn(-c2ccncc2)c1C(C)C. The molecule has 5 nitrogen and oxygen atoms in total. The summed E-state index contributed by atoms with van der Waals surface area (Å²) < 4.78 is 7.04. The Labute approximate surface area is 120 Å². The maximum Gasteiger partial charge on any atom is 0.0679 e. The van der Waals surface area contributed by atoms with Crippen LogP contribution in [0.2, 0.25) is 0 Å². The zero-order chi connectivity index (χ0) is 14.4. The lowest BCUT2D eigenvalue weighted by molar-refractivity contribution is 0.199. The van der Waals surface area contributed by atoms with Crippen molar-refractivity contribution in [1.29, 1.82) is 0 Å². The van der Waals surface area contributed by atoms with E-state index in [9.17, 15) is 0 Å². The highest BCUT2D eigenvalue weighted by Gasteiger charge is 2.15. The Hall–Kier alpha value is -1.72. The first kappa shape index (κ1) is 14.7. The van der Waals surface area contributed by atoms with Crippen LogP contribution in [0.15, 0.2) is 30.7 Å². The van der Waals surface area contributed by atoms with Crippen LogP contribution < -0.4 is 5.32 Å². The van der Waals surface area contributed by atoms with E-state index in [0.29, 0.717) is 5.92 Å². The summed E-state index contributed by atoms with van der Waals surface area (Å²) in [6.45, 7) is 6.74. The minimum atomic E-state index is 0.407. The lowest BCUT2D eigenvalue weighted by atomic mass is 10.1. The number of rotatable bonds is 7. The molecule has 2 aromatic rings. The van der Waals surface area contributed by atoms with E-state index < -0.39 is 0 Å². The molecule has 0 saturated carbocycles. The highest BCUT2D eigenvalue weighted by molar-refractivity contribution is 5.34. The number of nitrogens with one attached hydrogen (secondary N) is 1. The van der Waals surface area contributed by atoms with Crippen LogP contribution in [0.4, 0.5) is 0 Å². The largest absolute Gasteiger partial charge is 0.383 e. The van der Waals surface area contributed by atoms with Crippen LogP contribution in [0.5, 0.6) is 0 Å². The summed E-state index contributed by atoms with van der Waals surface area (Å²) in [6, 6.07) is 3.95. The Kier molecular flexibility index (Phi) is 5.26. The molecule has 0 amide bonds. The summed E-state index contributed by atoms with van der Waals surface area (Å²) >= 11 is 0. The average molecular weight is 274 g/mol. The molecule has 0 atom stereocenters. The number of pyridine rings is 1. The van der Waals surface area contributed by atoms with Gasteiger partial charge in [0.15, 0.2) is 0 Å². The smallest absolute Gasteiger partial charge is 0.0679 e. The van der Waals surface area contributed by atoms with Crippen molar-refractivity contribution in [3.8, 4) is 5.69 Å². The van der Waals surface area contributed by atoms with Gasteiger partial charge in [0.25, 0.3) is 0 Å². The molecule has 0 radical (unpaired) electrons. The van der Waals surface area contributed by atoms with Crippen molar-refractivity contribution in [3.63, 3.8) is 0 Å². The van der Waals surface area contributed by atoms with Gasteiger partial charge in [0.05, 0.1) is 24.2 Å². The molecule has 0 aliphatic rings. The number of nitrogens with zero attached hydrogens (tertiary/aromatic N) is 3. The average Bonchev–Trinajstić information content (AvgIpc) is 2.88. The molecule has 1 N–H and O–H groups in total. The van der Waals surface area contributed by atoms with Crippen LogP contribution in [-0.4, -0.2) is 35.0 Å². The van der Waals surface area contributed by atoms with Crippen LogP contribution in [-0.2, 0) is 11.3 Å². The molecule has 108 valence electrons. The topological polar surface area (TPSA) is 52.0 Å². The first-order chi connectivity index (χ1) is 9.74. The van der Waals surface area contributed by atoms with E-state index >= 15 is 0 Å². The summed E-state index contributed by atoms with van der Waals surface area (Å²) in [5.74, 6) is 0.407. The Balaban J connectivity index is 2.20. The van der Waals surface area contributed by atoms with E-state index in [1.807, 2.05) is 23.0 Å². The molecule has 0 bridgehead atoms. The second-order valence-electron chi connectivity index (χ2n) is 5.00. The first-order valence-corrected chi connectivity index (χ1v) is 6.91. The van der Waals surface area contributed by atoms with Gasteiger partial charge in [-0.15, -0.1) is 0 Å². The van der Waals surface area contributed by atoms with Crippen LogP contribution >= 0.6 is 0 Å². The van der Waals surface area contributed by atoms with E-state index in [-0.39, 0.29) is 0 Å². The second-order valence-corrected chi connectivity index (χ2v) is 5.00. The molecular formula is C15H22N4O. The lowest BCUT2D eigenvalue weighted by Crippen LogP contribution is -2.19. The maximum atomic E-state index is 5.04. The van der Waals surface area contributed by atoms with Gasteiger partial charge < -0.3 is 10.1 Å². The Morgan fingerprint density at radius 1 is 1.30 bits per heavy atom. The first-order valence-electron chi connectivity index (χ1n) is 6.91. The summed E-state index contributed by atoms with van der Waals surface area (Å²) in [5, 5.41) is 7.90. The fraction of sp³-hybridized carbons (Fsp3) is 0.467. The van der Waals surface area contributed by atoms with E-state index in [2.05, 4.69) is 29.2 Å². The molecule has 20 heavy (non-hydrogen) atoms. The van der Waals surface area contributed by atoms with Crippen molar-refractivity contribution >= 4 is 0 Å². The molecule has 0 unspecified atom stereocenters. The minimum absolute atomic E-state index is 0.407. The fourth-order valence-electron chi connectivity index (χ4n) is 2.23. The normalized spacial score (nSPS) is 11.2. The van der Waals surface area contributed by atoms with Crippen molar-refractivity contribution in [3.05, 3.63) is 42.0 Å². The highest BCUT2D eigenvalue weighted by atomic mass is 16.5. The second kappa shape index (κ2) is 7.17. The molecular weight excluding hydrogens is 252 g/mol. The minimum Gasteiger partial charge on any atom is -0.383 e. The van der Waals surface area contributed by atoms with Gasteiger partial charge in [-0.25, -0.2) is 4.68 Å². The number of methoxy groups -OCH3 is 1. The summed E-state index contributed by atoms with van der Waals surface area (Å²) in [5.41, 5.74) is 3.51. The summed E-state index contributed by atoms with van der Waals surface area (Å²) in [6.07, 6.45) is 5.52. The monoisotopic (exact) mass is 274 g/mol. The van der Waals surface area contributed by atoms with Gasteiger partial charge in [0, 0.05) is 38.2 Å². The third-order valence-corrected chi connectivity index (χ3v) is 3.14. The molecule has 0 aromatic carbocycles. The summed E-state index contributed by atoms with van der Waals surface area (Å²) in [4.78, 5) is 4.05. The van der Waals surface area contributed by atoms with Crippen molar-refractivity contribution in [1.82, 2.24) is 20.1 Å². The third kappa shape index (κ3) is 3.43. The number of ether oxygens (including phenoxy) is 1. The predicted molar refractivity (Wildman–Crippen MR) is 79.0 cm³/mol. The molecule has 0 spiro atoms. The van der Waals surface area contributed by atoms with Crippen LogP contribution in [0.25, 0.3) is 5.69 Å². The number of hydrogen-bond donors (Lipinski definition) is 1. The van der Waals surface area contributed by atoms with E-state index in [1.165, 1.54) is 11.3 Å². The molecule has 5 heteroatoms. The summed E-state index contributed by atoms with van der Waals surface area (Å²) in [7, 11) is 1.71. The van der Waals surface area contributed by atoms with Crippen LogP contribution in [0, 0.1) is 0 Å². The van der Waals surface area contributed by atoms with Crippen LogP contribution in [0.1, 0.15) is 31.0 Å².